The maximum atomic E-state index is 13.0. The predicted octanol–water partition coefficient (Wildman–Crippen LogP) is 5.97. The van der Waals surface area contributed by atoms with Crippen LogP contribution in [0, 0.1) is 10.1 Å². The van der Waals surface area contributed by atoms with Crippen LogP contribution in [0.4, 0.5) is 11.4 Å². The van der Waals surface area contributed by atoms with Gasteiger partial charge in [-0.15, -0.1) is 0 Å². The minimum absolute atomic E-state index is 0.107. The first-order valence-corrected chi connectivity index (χ1v) is 10.7. The lowest BCUT2D eigenvalue weighted by Crippen LogP contribution is -2.31. The van der Waals surface area contributed by atoms with Crippen molar-refractivity contribution in [3.63, 3.8) is 0 Å². The van der Waals surface area contributed by atoms with E-state index in [0.717, 1.165) is 0 Å². The molecule has 11 heteroatoms. The number of nitrogens with zero attached hydrogens (tertiary/aromatic N) is 1. The van der Waals surface area contributed by atoms with E-state index in [0.29, 0.717) is 27.0 Å². The normalized spacial score (nSPS) is 11.0. The van der Waals surface area contributed by atoms with Gasteiger partial charge in [-0.1, -0.05) is 34.8 Å². The number of ether oxygens (including phenoxy) is 1. The molecular formula is C23H16Cl3N3O5. The van der Waals surface area contributed by atoms with Gasteiger partial charge in [-0.3, -0.25) is 19.7 Å². The lowest BCUT2D eigenvalue weighted by Gasteiger charge is -2.13. The van der Waals surface area contributed by atoms with Crippen molar-refractivity contribution in [2.75, 3.05) is 12.4 Å². The van der Waals surface area contributed by atoms with Crippen molar-refractivity contribution >= 4 is 64.1 Å². The summed E-state index contributed by atoms with van der Waals surface area (Å²) in [7, 11) is 1.46. The number of anilines is 1. The summed E-state index contributed by atoms with van der Waals surface area (Å²) >= 11 is 18.2. The van der Waals surface area contributed by atoms with E-state index in [4.69, 9.17) is 39.5 Å². The van der Waals surface area contributed by atoms with Crippen LogP contribution in [0.25, 0.3) is 6.08 Å². The lowest BCUT2D eigenvalue weighted by atomic mass is 10.1. The number of nitro benzene ring substituents is 1. The Morgan fingerprint density at radius 3 is 2.18 bits per heavy atom. The molecule has 2 N–H and O–H groups in total. The Hall–Kier alpha value is -3.59. The minimum Gasteiger partial charge on any atom is -0.497 e. The fourth-order valence-corrected chi connectivity index (χ4v) is 3.62. The predicted molar refractivity (Wildman–Crippen MR) is 132 cm³/mol. The largest absolute Gasteiger partial charge is 0.497 e. The van der Waals surface area contributed by atoms with Crippen LogP contribution in [0.15, 0.2) is 66.4 Å². The molecule has 0 saturated heterocycles. The van der Waals surface area contributed by atoms with Crippen LogP contribution in [0.1, 0.15) is 15.9 Å². The van der Waals surface area contributed by atoms with E-state index < -0.39 is 16.7 Å². The average molecular weight is 521 g/mol. The molecule has 0 radical (unpaired) electrons. The molecule has 3 rings (SSSR count). The molecule has 0 fully saturated rings. The first kappa shape index (κ1) is 25.0. The first-order chi connectivity index (χ1) is 16.2. The molecular weight excluding hydrogens is 505 g/mol. The first-order valence-electron chi connectivity index (χ1n) is 9.55. The molecule has 0 aliphatic rings. The fraction of sp³-hybridized carbons (Fsp3) is 0.0435. The molecule has 0 aliphatic heterocycles. The second-order valence-corrected chi connectivity index (χ2v) is 8.10. The van der Waals surface area contributed by atoms with Crippen LogP contribution in [0.5, 0.6) is 5.75 Å². The van der Waals surface area contributed by atoms with Crippen LogP contribution < -0.4 is 15.4 Å². The monoisotopic (exact) mass is 519 g/mol. The van der Waals surface area contributed by atoms with Gasteiger partial charge in [0, 0.05) is 27.9 Å². The van der Waals surface area contributed by atoms with Gasteiger partial charge in [0.15, 0.2) is 0 Å². The molecule has 174 valence electrons. The Labute approximate surface area is 209 Å². The van der Waals surface area contributed by atoms with Crippen LogP contribution >= 0.6 is 34.8 Å². The van der Waals surface area contributed by atoms with Crippen LogP contribution in [-0.2, 0) is 4.79 Å². The van der Waals surface area contributed by atoms with E-state index >= 15 is 0 Å². The van der Waals surface area contributed by atoms with E-state index in [9.17, 15) is 19.7 Å². The number of amides is 2. The zero-order valence-corrected chi connectivity index (χ0v) is 19.7. The molecule has 0 unspecified atom stereocenters. The Morgan fingerprint density at radius 2 is 1.62 bits per heavy atom. The Kier molecular flexibility index (Phi) is 8.12. The van der Waals surface area contributed by atoms with Gasteiger partial charge in [-0.2, -0.15) is 0 Å². The number of non-ortho nitro benzene ring substituents is 1. The van der Waals surface area contributed by atoms with E-state index in [1.54, 1.807) is 6.07 Å². The van der Waals surface area contributed by atoms with E-state index in [2.05, 4.69) is 10.6 Å². The van der Waals surface area contributed by atoms with Crippen molar-refractivity contribution < 1.29 is 19.2 Å². The molecule has 0 heterocycles. The summed E-state index contributed by atoms with van der Waals surface area (Å²) in [4.78, 5) is 36.3. The Morgan fingerprint density at radius 1 is 0.971 bits per heavy atom. The molecule has 34 heavy (non-hydrogen) atoms. The number of hydrogen-bond donors (Lipinski definition) is 2. The smallest absolute Gasteiger partial charge is 0.272 e. The number of carbonyl (C=O) groups is 2. The standard InChI is InChI=1S/C23H16Cl3N3O5/c1-34-18-6-7-19(20(26)12-18)22(30)28-21(8-13-2-4-17(5-3-13)29(32)33)23(31)27-16-10-14(24)9-15(25)11-16/h2-12H,1H3,(H,27,31)(H,28,30). The van der Waals surface area contributed by atoms with E-state index in [1.807, 2.05) is 0 Å². The Balaban J connectivity index is 1.94. The van der Waals surface area contributed by atoms with Crippen molar-refractivity contribution in [1.82, 2.24) is 5.32 Å². The zero-order valence-electron chi connectivity index (χ0n) is 17.5. The van der Waals surface area contributed by atoms with Crippen molar-refractivity contribution in [3.05, 3.63) is 103 Å². The second kappa shape index (κ2) is 11.0. The fourth-order valence-electron chi connectivity index (χ4n) is 2.84. The number of nitrogens with one attached hydrogen (secondary N) is 2. The van der Waals surface area contributed by atoms with E-state index in [-0.39, 0.29) is 22.0 Å². The Bertz CT molecular complexity index is 1270. The maximum Gasteiger partial charge on any atom is 0.272 e. The summed E-state index contributed by atoms with van der Waals surface area (Å²) in [5.74, 6) is -0.881. The topological polar surface area (TPSA) is 111 Å². The SMILES string of the molecule is COc1ccc(C(=O)NC(=Cc2ccc([N+](=O)[O-])cc2)C(=O)Nc2cc(Cl)cc(Cl)c2)c(Cl)c1. The quantitative estimate of drug-likeness (QED) is 0.226. The molecule has 0 aliphatic carbocycles. The molecule has 0 atom stereocenters. The molecule has 0 bridgehead atoms. The number of hydrogen-bond acceptors (Lipinski definition) is 5. The number of nitro groups is 1. The third-order valence-electron chi connectivity index (χ3n) is 4.45. The molecule has 3 aromatic carbocycles. The van der Waals surface area contributed by atoms with Gasteiger partial charge in [0.1, 0.15) is 11.4 Å². The molecule has 0 aromatic heterocycles. The second-order valence-electron chi connectivity index (χ2n) is 6.82. The summed E-state index contributed by atoms with van der Waals surface area (Å²) < 4.78 is 5.08. The molecule has 0 spiro atoms. The summed E-state index contributed by atoms with van der Waals surface area (Å²) in [5.41, 5.74) is 0.568. The summed E-state index contributed by atoms with van der Waals surface area (Å²) in [6.07, 6.45) is 1.36. The molecule has 3 aromatic rings. The van der Waals surface area contributed by atoms with Crippen molar-refractivity contribution in [2.24, 2.45) is 0 Å². The highest BCUT2D eigenvalue weighted by Crippen LogP contribution is 2.24. The highest BCUT2D eigenvalue weighted by molar-refractivity contribution is 6.35. The third-order valence-corrected chi connectivity index (χ3v) is 5.20. The van der Waals surface area contributed by atoms with Crippen molar-refractivity contribution in [1.29, 1.82) is 0 Å². The van der Waals surface area contributed by atoms with Gasteiger partial charge in [0.25, 0.3) is 17.5 Å². The van der Waals surface area contributed by atoms with Gasteiger partial charge < -0.3 is 15.4 Å². The van der Waals surface area contributed by atoms with Gasteiger partial charge >= 0.3 is 0 Å². The lowest BCUT2D eigenvalue weighted by molar-refractivity contribution is -0.384. The number of carbonyl (C=O) groups excluding carboxylic acids is 2. The minimum atomic E-state index is -0.685. The highest BCUT2D eigenvalue weighted by Gasteiger charge is 2.18. The number of halogens is 3. The molecule has 2 amide bonds. The average Bonchev–Trinajstić information content (AvgIpc) is 2.78. The zero-order chi connectivity index (χ0) is 24.8. The van der Waals surface area contributed by atoms with Crippen LogP contribution in [0.2, 0.25) is 15.1 Å². The van der Waals surface area contributed by atoms with Gasteiger partial charge in [0.2, 0.25) is 0 Å². The van der Waals surface area contributed by atoms with Crippen molar-refractivity contribution in [2.45, 2.75) is 0 Å². The third kappa shape index (κ3) is 6.48. The van der Waals surface area contributed by atoms with Crippen LogP contribution in [0.3, 0.4) is 0 Å². The summed E-state index contributed by atoms with van der Waals surface area (Å²) in [5, 5.41) is 16.8. The van der Waals surface area contributed by atoms with E-state index in [1.165, 1.54) is 67.8 Å². The summed E-state index contributed by atoms with van der Waals surface area (Å²) in [6, 6.07) is 14.4. The summed E-state index contributed by atoms with van der Waals surface area (Å²) in [6.45, 7) is 0. The molecule has 8 nitrogen and oxygen atoms in total. The molecule has 0 saturated carbocycles. The van der Waals surface area contributed by atoms with Gasteiger partial charge in [-0.25, -0.2) is 0 Å². The number of benzene rings is 3. The van der Waals surface area contributed by atoms with Crippen molar-refractivity contribution in [3.8, 4) is 5.75 Å². The van der Waals surface area contributed by atoms with Gasteiger partial charge in [0.05, 0.1) is 22.6 Å². The highest BCUT2D eigenvalue weighted by atomic mass is 35.5. The maximum absolute atomic E-state index is 13.0. The van der Waals surface area contributed by atoms with Crippen LogP contribution in [-0.4, -0.2) is 23.8 Å². The number of methoxy groups -OCH3 is 1. The number of rotatable bonds is 7. The van der Waals surface area contributed by atoms with Gasteiger partial charge in [-0.05, 0) is 60.2 Å².